The second-order valence-electron chi connectivity index (χ2n) is 10.0. The van der Waals surface area contributed by atoms with Gasteiger partial charge in [-0.2, -0.15) is 0 Å². The lowest BCUT2D eigenvalue weighted by atomic mass is 9.79. The van der Waals surface area contributed by atoms with Crippen molar-refractivity contribution in [3.05, 3.63) is 64.3 Å². The molecule has 1 fully saturated rings. The van der Waals surface area contributed by atoms with Crippen molar-refractivity contribution in [1.82, 2.24) is 4.90 Å². The van der Waals surface area contributed by atoms with Crippen LogP contribution in [0.5, 0.6) is 0 Å². The van der Waals surface area contributed by atoms with Gasteiger partial charge in [-0.25, -0.2) is 4.39 Å². The van der Waals surface area contributed by atoms with Crippen molar-refractivity contribution in [2.75, 3.05) is 16.8 Å². The molecule has 0 aromatic heterocycles. The van der Waals surface area contributed by atoms with Crippen LogP contribution in [-0.2, 0) is 9.59 Å². The molecule has 2 aromatic carbocycles. The second kappa shape index (κ2) is 9.49. The number of hydrogen-bond donors (Lipinski definition) is 1. The molecule has 1 saturated heterocycles. The summed E-state index contributed by atoms with van der Waals surface area (Å²) < 4.78 is 13.1. The van der Waals surface area contributed by atoms with E-state index in [4.69, 9.17) is 0 Å². The van der Waals surface area contributed by atoms with Crippen molar-refractivity contribution in [3.63, 3.8) is 0 Å². The van der Waals surface area contributed by atoms with Gasteiger partial charge in [0.05, 0.1) is 4.91 Å². The third-order valence-corrected chi connectivity index (χ3v) is 7.32. The van der Waals surface area contributed by atoms with Gasteiger partial charge in [-0.3, -0.25) is 19.3 Å². The van der Waals surface area contributed by atoms with Crippen molar-refractivity contribution in [2.24, 2.45) is 0 Å². The van der Waals surface area contributed by atoms with Crippen LogP contribution < -0.4 is 10.2 Å². The standard InChI is InChI=1S/C27H30FN3O3S/c1-16(2)31-22-11-6-18(12-21(22)17(3)14-27(31,4)5)13-23-25(33)30(26(34)35-23)15-24(32)29-20-9-7-19(28)8-10-20/h6-13,16-17H,14-15H2,1-5H3,(H,29,32)/b23-13-/t17-/m1/s1. The van der Waals surface area contributed by atoms with Crippen molar-refractivity contribution in [3.8, 4) is 0 Å². The summed E-state index contributed by atoms with van der Waals surface area (Å²) >= 11 is 0.829. The maximum atomic E-state index is 13.1. The van der Waals surface area contributed by atoms with E-state index in [0.29, 0.717) is 17.6 Å². The topological polar surface area (TPSA) is 69.7 Å². The van der Waals surface area contributed by atoms with Crippen LogP contribution in [0.4, 0.5) is 20.6 Å². The molecule has 184 valence electrons. The third kappa shape index (κ3) is 5.12. The molecular formula is C27H30FN3O3S. The SMILES string of the molecule is CC(C)N1c2ccc(/C=C3\SC(=O)N(CC(=O)Nc4ccc(F)cc4)C3=O)cc2[C@H](C)CC1(C)C. The summed E-state index contributed by atoms with van der Waals surface area (Å²) in [7, 11) is 0. The number of carbonyl (C=O) groups is 3. The molecule has 0 radical (unpaired) electrons. The molecule has 3 amide bonds. The predicted molar refractivity (Wildman–Crippen MR) is 139 cm³/mol. The zero-order valence-electron chi connectivity index (χ0n) is 20.6. The summed E-state index contributed by atoms with van der Waals surface area (Å²) in [5, 5.41) is 2.08. The highest BCUT2D eigenvalue weighted by atomic mass is 32.2. The van der Waals surface area contributed by atoms with E-state index in [2.05, 4.69) is 57.0 Å². The molecule has 2 aliphatic rings. The van der Waals surface area contributed by atoms with Gasteiger partial charge in [0.15, 0.2) is 0 Å². The van der Waals surface area contributed by atoms with Gasteiger partial charge in [-0.05, 0) is 105 Å². The molecule has 6 nitrogen and oxygen atoms in total. The first-order chi connectivity index (χ1) is 16.5. The largest absolute Gasteiger partial charge is 0.364 e. The molecule has 2 aliphatic heterocycles. The van der Waals surface area contributed by atoms with E-state index in [9.17, 15) is 18.8 Å². The number of hydrogen-bond acceptors (Lipinski definition) is 5. The first-order valence-corrected chi connectivity index (χ1v) is 12.5. The fourth-order valence-corrected chi connectivity index (χ4v) is 6.04. The molecule has 1 atom stereocenters. The molecule has 8 heteroatoms. The normalized spacial score (nSPS) is 20.5. The number of imide groups is 1. The molecule has 35 heavy (non-hydrogen) atoms. The lowest BCUT2D eigenvalue weighted by Crippen LogP contribution is -2.51. The molecular weight excluding hydrogens is 465 g/mol. The van der Waals surface area contributed by atoms with Crippen molar-refractivity contribution >= 4 is 46.3 Å². The number of fused-ring (bicyclic) bond motifs is 1. The molecule has 4 rings (SSSR count). The van der Waals surface area contributed by atoms with Gasteiger partial charge in [-0.1, -0.05) is 13.0 Å². The summed E-state index contributed by atoms with van der Waals surface area (Å²) in [4.78, 5) is 41.4. The molecule has 2 heterocycles. The number of benzene rings is 2. The molecule has 1 N–H and O–H groups in total. The number of amides is 3. The third-order valence-electron chi connectivity index (χ3n) is 6.42. The first kappa shape index (κ1) is 25.0. The Hall–Kier alpha value is -3.13. The van der Waals surface area contributed by atoms with Crippen LogP contribution in [0.15, 0.2) is 47.4 Å². The maximum absolute atomic E-state index is 13.1. The van der Waals surface area contributed by atoms with Crippen LogP contribution >= 0.6 is 11.8 Å². The Labute approximate surface area is 209 Å². The summed E-state index contributed by atoms with van der Waals surface area (Å²) in [6.07, 6.45) is 2.73. The van der Waals surface area contributed by atoms with Crippen LogP contribution in [0.25, 0.3) is 6.08 Å². The highest BCUT2D eigenvalue weighted by Crippen LogP contribution is 2.45. The Morgan fingerprint density at radius 2 is 1.89 bits per heavy atom. The van der Waals surface area contributed by atoms with E-state index in [1.165, 1.54) is 35.5 Å². The molecule has 0 unspecified atom stereocenters. The number of rotatable bonds is 5. The quantitative estimate of drug-likeness (QED) is 0.515. The van der Waals surface area contributed by atoms with Crippen LogP contribution in [0.2, 0.25) is 0 Å². The highest BCUT2D eigenvalue weighted by molar-refractivity contribution is 8.18. The highest BCUT2D eigenvalue weighted by Gasteiger charge is 2.38. The summed E-state index contributed by atoms with van der Waals surface area (Å²) in [5.41, 5.74) is 3.70. The van der Waals surface area contributed by atoms with E-state index in [1.54, 1.807) is 6.08 Å². The van der Waals surface area contributed by atoms with Crippen LogP contribution in [0.1, 0.15) is 58.1 Å². The number of thioether (sulfide) groups is 1. The molecule has 0 spiro atoms. The Balaban J connectivity index is 1.52. The summed E-state index contributed by atoms with van der Waals surface area (Å²) in [6, 6.07) is 11.8. The Morgan fingerprint density at radius 1 is 1.20 bits per heavy atom. The lowest BCUT2D eigenvalue weighted by Gasteiger charge is -2.50. The van der Waals surface area contributed by atoms with E-state index in [-0.39, 0.29) is 10.4 Å². The van der Waals surface area contributed by atoms with E-state index in [1.807, 2.05) is 6.07 Å². The minimum Gasteiger partial charge on any atom is -0.364 e. The smallest absolute Gasteiger partial charge is 0.294 e. The lowest BCUT2D eigenvalue weighted by molar-refractivity contribution is -0.127. The van der Waals surface area contributed by atoms with Gasteiger partial charge in [0.1, 0.15) is 12.4 Å². The van der Waals surface area contributed by atoms with Gasteiger partial charge in [-0.15, -0.1) is 0 Å². The average molecular weight is 496 g/mol. The van der Waals surface area contributed by atoms with E-state index < -0.39 is 29.4 Å². The Morgan fingerprint density at radius 3 is 2.54 bits per heavy atom. The predicted octanol–water partition coefficient (Wildman–Crippen LogP) is 6.00. The van der Waals surface area contributed by atoms with Gasteiger partial charge in [0.2, 0.25) is 5.91 Å². The zero-order chi connectivity index (χ0) is 25.5. The van der Waals surface area contributed by atoms with Crippen molar-refractivity contribution in [1.29, 1.82) is 0 Å². The number of nitrogens with zero attached hydrogens (tertiary/aromatic N) is 2. The summed E-state index contributed by atoms with van der Waals surface area (Å²) in [5.74, 6) is -1.09. The number of carbonyl (C=O) groups excluding carboxylic acids is 3. The second-order valence-corrected chi connectivity index (χ2v) is 11.0. The van der Waals surface area contributed by atoms with Gasteiger partial charge >= 0.3 is 0 Å². The first-order valence-electron chi connectivity index (χ1n) is 11.7. The fourth-order valence-electron chi connectivity index (χ4n) is 5.20. The number of anilines is 2. The Bertz CT molecular complexity index is 1210. The van der Waals surface area contributed by atoms with Crippen LogP contribution in [0.3, 0.4) is 0 Å². The van der Waals surface area contributed by atoms with Crippen LogP contribution in [0, 0.1) is 5.82 Å². The molecule has 0 aliphatic carbocycles. The molecule has 0 saturated carbocycles. The zero-order valence-corrected chi connectivity index (χ0v) is 21.4. The maximum Gasteiger partial charge on any atom is 0.294 e. The van der Waals surface area contributed by atoms with Crippen molar-refractivity contribution < 1.29 is 18.8 Å². The van der Waals surface area contributed by atoms with Gasteiger partial charge < -0.3 is 10.2 Å². The van der Waals surface area contributed by atoms with Crippen LogP contribution in [-0.4, -0.2) is 40.1 Å². The molecule has 2 aromatic rings. The van der Waals surface area contributed by atoms with Gasteiger partial charge in [0.25, 0.3) is 11.1 Å². The Kier molecular flexibility index (Phi) is 6.77. The fraction of sp³-hybridized carbons (Fsp3) is 0.370. The minimum atomic E-state index is -0.529. The van der Waals surface area contributed by atoms with E-state index >= 15 is 0 Å². The van der Waals surface area contributed by atoms with E-state index in [0.717, 1.165) is 28.6 Å². The number of nitrogens with one attached hydrogen (secondary N) is 1. The number of halogens is 1. The molecule has 0 bridgehead atoms. The van der Waals surface area contributed by atoms with Crippen molar-refractivity contribution in [2.45, 2.75) is 58.5 Å². The van der Waals surface area contributed by atoms with Gasteiger partial charge in [0, 0.05) is 23.0 Å². The minimum absolute atomic E-state index is 0.0409. The monoisotopic (exact) mass is 495 g/mol. The average Bonchev–Trinajstić information content (AvgIpc) is 3.02. The summed E-state index contributed by atoms with van der Waals surface area (Å²) in [6.45, 7) is 10.7.